The van der Waals surface area contributed by atoms with E-state index in [1.54, 1.807) is 45.9 Å². The second-order valence-electron chi connectivity index (χ2n) is 7.59. The Hall–Kier alpha value is -3.35. The number of para-hydroxylation sites is 1. The number of carbonyl (C=O) groups excluding carboxylic acids is 2. The highest BCUT2D eigenvalue weighted by Crippen LogP contribution is 2.23. The average molecular weight is 409 g/mol. The first-order valence-corrected chi connectivity index (χ1v) is 10.0. The van der Waals surface area contributed by atoms with E-state index < -0.39 is 0 Å². The number of hydrogen-bond acceptors (Lipinski definition) is 3. The molecule has 0 radical (unpaired) electrons. The summed E-state index contributed by atoms with van der Waals surface area (Å²) in [6.07, 6.45) is 2.83. The van der Waals surface area contributed by atoms with Crippen molar-refractivity contribution in [2.75, 3.05) is 13.1 Å². The molecule has 0 atom stereocenters. The molecule has 1 fully saturated rings. The summed E-state index contributed by atoms with van der Waals surface area (Å²) in [5, 5.41) is 3.07. The lowest BCUT2D eigenvalue weighted by Crippen LogP contribution is -2.46. The minimum Gasteiger partial charge on any atom is -0.459 e. The van der Waals surface area contributed by atoms with Crippen LogP contribution in [0.3, 0.4) is 0 Å². The smallest absolute Gasteiger partial charge is 0.289 e. The molecule has 6 nitrogen and oxygen atoms in total. The van der Waals surface area contributed by atoms with Crippen LogP contribution in [0.15, 0.2) is 53.1 Å². The quantitative estimate of drug-likeness (QED) is 0.712. The van der Waals surface area contributed by atoms with Gasteiger partial charge in [-0.2, -0.15) is 0 Å². The fourth-order valence-electron chi connectivity index (χ4n) is 4.04. The molecule has 4 rings (SSSR count). The van der Waals surface area contributed by atoms with E-state index in [0.717, 1.165) is 5.69 Å². The zero-order valence-electron chi connectivity index (χ0n) is 17.0. The van der Waals surface area contributed by atoms with Gasteiger partial charge in [0.15, 0.2) is 5.76 Å². The molecule has 1 aliphatic heterocycles. The summed E-state index contributed by atoms with van der Waals surface area (Å²) in [6, 6.07) is 11.6. The van der Waals surface area contributed by atoms with Crippen LogP contribution in [0.5, 0.6) is 0 Å². The molecule has 1 saturated heterocycles. The fourth-order valence-corrected chi connectivity index (χ4v) is 4.04. The van der Waals surface area contributed by atoms with E-state index in [9.17, 15) is 14.0 Å². The highest BCUT2D eigenvalue weighted by molar-refractivity contribution is 5.96. The van der Waals surface area contributed by atoms with Crippen molar-refractivity contribution in [3.63, 3.8) is 0 Å². The van der Waals surface area contributed by atoms with Gasteiger partial charge in [-0.1, -0.05) is 12.1 Å². The van der Waals surface area contributed by atoms with Crippen molar-refractivity contribution in [1.82, 2.24) is 14.8 Å². The van der Waals surface area contributed by atoms with Crippen molar-refractivity contribution in [2.45, 2.75) is 32.7 Å². The molecule has 0 bridgehead atoms. The molecule has 0 spiro atoms. The molecule has 0 saturated carbocycles. The van der Waals surface area contributed by atoms with Crippen LogP contribution in [0, 0.1) is 19.7 Å². The third-order valence-corrected chi connectivity index (χ3v) is 5.62. The second-order valence-corrected chi connectivity index (χ2v) is 7.59. The zero-order chi connectivity index (χ0) is 21.3. The van der Waals surface area contributed by atoms with E-state index in [0.29, 0.717) is 48.6 Å². The Balaban J connectivity index is 1.42. The van der Waals surface area contributed by atoms with Gasteiger partial charge in [-0.25, -0.2) is 4.39 Å². The molecular formula is C23H24FN3O3. The van der Waals surface area contributed by atoms with Gasteiger partial charge < -0.3 is 19.2 Å². The summed E-state index contributed by atoms with van der Waals surface area (Å²) < 4.78 is 21.2. The van der Waals surface area contributed by atoms with Crippen LogP contribution < -0.4 is 5.32 Å². The van der Waals surface area contributed by atoms with Crippen LogP contribution >= 0.6 is 0 Å². The number of amides is 2. The summed E-state index contributed by atoms with van der Waals surface area (Å²) >= 11 is 0. The van der Waals surface area contributed by atoms with Crippen LogP contribution in [0.2, 0.25) is 0 Å². The number of hydrogen-bond donors (Lipinski definition) is 1. The van der Waals surface area contributed by atoms with Gasteiger partial charge in [-0.3, -0.25) is 9.59 Å². The maximum atomic E-state index is 14.3. The maximum absolute atomic E-state index is 14.3. The molecule has 1 N–H and O–H groups in total. The number of piperidine rings is 1. The minimum absolute atomic E-state index is 0.0188. The average Bonchev–Trinajstić information content (AvgIpc) is 3.37. The van der Waals surface area contributed by atoms with Crippen LogP contribution in [0.25, 0.3) is 5.69 Å². The van der Waals surface area contributed by atoms with Crippen LogP contribution in [0.1, 0.15) is 45.1 Å². The van der Waals surface area contributed by atoms with Crippen LogP contribution in [0.4, 0.5) is 4.39 Å². The Morgan fingerprint density at radius 1 is 1.10 bits per heavy atom. The van der Waals surface area contributed by atoms with Gasteiger partial charge in [-0.15, -0.1) is 0 Å². The molecule has 3 heterocycles. The Bertz CT molecular complexity index is 1060. The molecule has 156 valence electrons. The van der Waals surface area contributed by atoms with E-state index in [4.69, 9.17) is 4.42 Å². The summed E-state index contributed by atoms with van der Waals surface area (Å²) in [6.45, 7) is 4.78. The lowest BCUT2D eigenvalue weighted by molar-refractivity contribution is 0.0667. The molecule has 0 aliphatic carbocycles. The van der Waals surface area contributed by atoms with Crippen molar-refractivity contribution in [3.05, 3.63) is 77.3 Å². The molecule has 30 heavy (non-hydrogen) atoms. The molecule has 2 amide bonds. The molecule has 3 aromatic rings. The van der Waals surface area contributed by atoms with E-state index in [2.05, 4.69) is 5.32 Å². The number of aromatic nitrogens is 1. The third-order valence-electron chi connectivity index (χ3n) is 5.62. The first kappa shape index (κ1) is 19.9. The predicted octanol–water partition coefficient (Wildman–Crippen LogP) is 3.86. The molecule has 7 heteroatoms. The zero-order valence-corrected chi connectivity index (χ0v) is 17.0. The number of nitrogens with one attached hydrogen (secondary N) is 1. The fraction of sp³-hybridized carbons (Fsp3) is 0.304. The van der Waals surface area contributed by atoms with Gasteiger partial charge >= 0.3 is 0 Å². The number of aryl methyl sites for hydroxylation is 1. The van der Waals surface area contributed by atoms with Gasteiger partial charge in [-0.05, 0) is 57.0 Å². The Morgan fingerprint density at radius 3 is 2.50 bits per heavy atom. The van der Waals surface area contributed by atoms with Crippen molar-refractivity contribution >= 4 is 11.8 Å². The molecule has 1 aromatic carbocycles. The van der Waals surface area contributed by atoms with E-state index in [1.807, 2.05) is 13.8 Å². The number of halogens is 1. The summed E-state index contributed by atoms with van der Waals surface area (Å²) in [7, 11) is 0. The normalized spacial score (nSPS) is 14.7. The van der Waals surface area contributed by atoms with Gasteiger partial charge in [0.2, 0.25) is 0 Å². The van der Waals surface area contributed by atoms with E-state index in [1.165, 1.54) is 12.3 Å². The van der Waals surface area contributed by atoms with Crippen molar-refractivity contribution in [3.8, 4) is 5.69 Å². The van der Waals surface area contributed by atoms with Crippen LogP contribution in [-0.2, 0) is 0 Å². The molecule has 1 aliphatic rings. The number of furan rings is 1. The Kier molecular flexibility index (Phi) is 5.44. The van der Waals surface area contributed by atoms with E-state index in [-0.39, 0.29) is 23.7 Å². The summed E-state index contributed by atoms with van der Waals surface area (Å²) in [4.78, 5) is 27.0. The van der Waals surface area contributed by atoms with Gasteiger partial charge in [0.05, 0.1) is 17.5 Å². The highest BCUT2D eigenvalue weighted by Gasteiger charge is 2.27. The van der Waals surface area contributed by atoms with Gasteiger partial charge in [0, 0.05) is 30.5 Å². The molecular weight excluding hydrogens is 385 g/mol. The predicted molar refractivity (Wildman–Crippen MR) is 110 cm³/mol. The highest BCUT2D eigenvalue weighted by atomic mass is 19.1. The second kappa shape index (κ2) is 8.18. The summed E-state index contributed by atoms with van der Waals surface area (Å²) in [5.74, 6) is -0.308. The number of nitrogens with zero attached hydrogens (tertiary/aromatic N) is 2. The number of rotatable bonds is 4. The standard InChI is InChI=1S/C23H24FN3O3/c1-15-14-18(16(2)27(15)20-7-4-3-6-19(20)24)22(28)25-17-9-11-26(12-10-17)23(29)21-8-5-13-30-21/h3-8,13-14,17H,9-12H2,1-2H3,(H,25,28). The Labute approximate surface area is 174 Å². The van der Waals surface area contributed by atoms with Crippen molar-refractivity contribution < 1.29 is 18.4 Å². The van der Waals surface area contributed by atoms with Crippen molar-refractivity contribution in [2.24, 2.45) is 0 Å². The van der Waals surface area contributed by atoms with Gasteiger partial charge in [0.1, 0.15) is 5.82 Å². The maximum Gasteiger partial charge on any atom is 0.289 e. The molecule has 0 unspecified atom stereocenters. The first-order chi connectivity index (χ1) is 14.5. The number of likely N-dealkylation sites (tertiary alicyclic amines) is 1. The Morgan fingerprint density at radius 2 is 1.83 bits per heavy atom. The number of benzene rings is 1. The third kappa shape index (κ3) is 3.75. The first-order valence-electron chi connectivity index (χ1n) is 10.0. The molecule has 2 aromatic heterocycles. The SMILES string of the molecule is Cc1cc(C(=O)NC2CCN(C(=O)c3ccco3)CC2)c(C)n1-c1ccccc1F. The minimum atomic E-state index is -0.333. The lowest BCUT2D eigenvalue weighted by Gasteiger charge is -2.31. The number of carbonyl (C=O) groups is 2. The largest absolute Gasteiger partial charge is 0.459 e. The van der Waals surface area contributed by atoms with E-state index >= 15 is 0 Å². The monoisotopic (exact) mass is 409 g/mol. The van der Waals surface area contributed by atoms with Crippen LogP contribution in [-0.4, -0.2) is 40.4 Å². The van der Waals surface area contributed by atoms with Gasteiger partial charge in [0.25, 0.3) is 11.8 Å². The summed E-state index contributed by atoms with van der Waals surface area (Å²) in [5.41, 5.74) is 2.45. The lowest BCUT2D eigenvalue weighted by atomic mass is 10.0. The topological polar surface area (TPSA) is 67.5 Å². The van der Waals surface area contributed by atoms with Crippen molar-refractivity contribution in [1.29, 1.82) is 0 Å².